The molecular formula is C15H12BrFN2O. The normalized spacial score (nSPS) is 9.85. The van der Waals surface area contributed by atoms with Gasteiger partial charge in [0.05, 0.1) is 5.69 Å². The third kappa shape index (κ3) is 3.72. The second-order valence-electron chi connectivity index (χ2n) is 4.00. The number of hydrogen-bond donors (Lipinski definition) is 1. The molecule has 0 aliphatic rings. The van der Waals surface area contributed by atoms with E-state index in [9.17, 15) is 4.39 Å². The molecule has 0 saturated heterocycles. The van der Waals surface area contributed by atoms with Crippen molar-refractivity contribution in [1.82, 2.24) is 0 Å². The standard InChI is InChI=1S/C15H12BrFN2O/c16-11-4-6-12(7-5-11)20-9-8-19-15-3-1-2-14(17)13(15)10-18/h1-7,19H,8-9H2. The first-order valence-corrected chi connectivity index (χ1v) is 6.81. The molecule has 0 atom stereocenters. The molecule has 0 aromatic heterocycles. The smallest absolute Gasteiger partial charge is 0.143 e. The van der Waals surface area contributed by atoms with Crippen LogP contribution in [0.25, 0.3) is 0 Å². The van der Waals surface area contributed by atoms with Crippen molar-refractivity contribution in [2.45, 2.75) is 0 Å². The Labute approximate surface area is 125 Å². The van der Waals surface area contributed by atoms with E-state index in [1.54, 1.807) is 12.1 Å². The lowest BCUT2D eigenvalue weighted by atomic mass is 10.2. The Bertz CT molecular complexity index is 623. The fourth-order valence-electron chi connectivity index (χ4n) is 1.67. The summed E-state index contributed by atoms with van der Waals surface area (Å²) in [5.74, 6) is 0.237. The van der Waals surface area contributed by atoms with E-state index in [1.165, 1.54) is 6.07 Å². The highest BCUT2D eigenvalue weighted by Crippen LogP contribution is 2.18. The Kier molecular flexibility index (Phi) is 4.97. The van der Waals surface area contributed by atoms with Crippen LogP contribution in [0.2, 0.25) is 0 Å². The number of anilines is 1. The van der Waals surface area contributed by atoms with Crippen LogP contribution in [0.1, 0.15) is 5.56 Å². The number of nitrogens with zero attached hydrogens (tertiary/aromatic N) is 1. The van der Waals surface area contributed by atoms with Crippen molar-refractivity contribution in [1.29, 1.82) is 5.26 Å². The Morgan fingerprint density at radius 1 is 1.20 bits per heavy atom. The summed E-state index contributed by atoms with van der Waals surface area (Å²) in [6, 6.07) is 13.8. The minimum atomic E-state index is -0.522. The van der Waals surface area contributed by atoms with Crippen molar-refractivity contribution < 1.29 is 9.13 Å². The number of benzene rings is 2. The Morgan fingerprint density at radius 3 is 2.65 bits per heavy atom. The van der Waals surface area contributed by atoms with Crippen LogP contribution in [0.5, 0.6) is 5.75 Å². The molecule has 2 aromatic carbocycles. The fourth-order valence-corrected chi connectivity index (χ4v) is 1.93. The van der Waals surface area contributed by atoms with Crippen molar-refractivity contribution in [3.8, 4) is 11.8 Å². The van der Waals surface area contributed by atoms with Gasteiger partial charge in [-0.05, 0) is 36.4 Å². The van der Waals surface area contributed by atoms with Gasteiger partial charge >= 0.3 is 0 Å². The van der Waals surface area contributed by atoms with Crippen LogP contribution >= 0.6 is 15.9 Å². The van der Waals surface area contributed by atoms with Crippen LogP contribution in [0.3, 0.4) is 0 Å². The molecule has 102 valence electrons. The number of nitrogens with one attached hydrogen (secondary N) is 1. The molecule has 0 aliphatic heterocycles. The molecule has 2 rings (SSSR count). The average Bonchev–Trinajstić information content (AvgIpc) is 2.45. The zero-order valence-corrected chi connectivity index (χ0v) is 12.2. The number of halogens is 2. The first kappa shape index (κ1) is 14.4. The largest absolute Gasteiger partial charge is 0.492 e. The van der Waals surface area contributed by atoms with Crippen LogP contribution in [0, 0.1) is 17.1 Å². The van der Waals surface area contributed by atoms with Gasteiger partial charge in [0.1, 0.15) is 29.8 Å². The summed E-state index contributed by atoms with van der Waals surface area (Å²) in [7, 11) is 0. The van der Waals surface area contributed by atoms with E-state index in [1.807, 2.05) is 30.3 Å². The van der Waals surface area contributed by atoms with Crippen LogP contribution in [-0.2, 0) is 0 Å². The summed E-state index contributed by atoms with van der Waals surface area (Å²) >= 11 is 3.35. The third-order valence-electron chi connectivity index (χ3n) is 2.63. The van der Waals surface area contributed by atoms with E-state index in [2.05, 4.69) is 21.2 Å². The van der Waals surface area contributed by atoms with Gasteiger partial charge in [0, 0.05) is 11.0 Å². The Hall–Kier alpha value is -2.06. The molecule has 0 saturated carbocycles. The molecule has 2 aromatic rings. The number of rotatable bonds is 5. The van der Waals surface area contributed by atoms with E-state index in [-0.39, 0.29) is 5.56 Å². The molecule has 20 heavy (non-hydrogen) atoms. The monoisotopic (exact) mass is 334 g/mol. The zero-order valence-electron chi connectivity index (χ0n) is 10.6. The van der Waals surface area contributed by atoms with Gasteiger partial charge < -0.3 is 10.1 Å². The van der Waals surface area contributed by atoms with Gasteiger partial charge in [-0.25, -0.2) is 4.39 Å². The second-order valence-corrected chi connectivity index (χ2v) is 4.92. The first-order chi connectivity index (χ1) is 9.70. The van der Waals surface area contributed by atoms with Crippen LogP contribution in [-0.4, -0.2) is 13.2 Å². The van der Waals surface area contributed by atoms with E-state index >= 15 is 0 Å². The lowest BCUT2D eigenvalue weighted by Crippen LogP contribution is -2.12. The molecule has 0 bridgehead atoms. The lowest BCUT2D eigenvalue weighted by molar-refractivity contribution is 0.333. The second kappa shape index (κ2) is 6.92. The average molecular weight is 335 g/mol. The van der Waals surface area contributed by atoms with E-state index in [4.69, 9.17) is 10.00 Å². The topological polar surface area (TPSA) is 45.0 Å². The SMILES string of the molecule is N#Cc1c(F)cccc1NCCOc1ccc(Br)cc1. The van der Waals surface area contributed by atoms with Gasteiger partial charge in [-0.3, -0.25) is 0 Å². The minimum absolute atomic E-state index is 0.0242. The van der Waals surface area contributed by atoms with E-state index in [0.717, 1.165) is 10.2 Å². The summed E-state index contributed by atoms with van der Waals surface area (Å²) in [6.45, 7) is 0.900. The fraction of sp³-hybridized carbons (Fsp3) is 0.133. The summed E-state index contributed by atoms with van der Waals surface area (Å²) in [4.78, 5) is 0. The van der Waals surface area contributed by atoms with Gasteiger partial charge in [-0.15, -0.1) is 0 Å². The number of ether oxygens (including phenoxy) is 1. The maximum absolute atomic E-state index is 13.4. The van der Waals surface area contributed by atoms with Crippen LogP contribution < -0.4 is 10.1 Å². The molecule has 0 heterocycles. The van der Waals surface area contributed by atoms with Crippen molar-refractivity contribution in [2.75, 3.05) is 18.5 Å². The highest BCUT2D eigenvalue weighted by molar-refractivity contribution is 9.10. The molecule has 5 heteroatoms. The van der Waals surface area contributed by atoms with Crippen LogP contribution in [0.4, 0.5) is 10.1 Å². The molecule has 0 unspecified atom stereocenters. The molecule has 0 aliphatic carbocycles. The predicted molar refractivity (Wildman–Crippen MR) is 79.2 cm³/mol. The molecule has 0 fully saturated rings. The predicted octanol–water partition coefficient (Wildman–Crippen LogP) is 3.95. The summed E-state index contributed by atoms with van der Waals surface area (Å²) < 4.78 is 19.9. The summed E-state index contributed by atoms with van der Waals surface area (Å²) in [5, 5.41) is 11.9. The molecule has 3 nitrogen and oxygen atoms in total. The lowest BCUT2D eigenvalue weighted by Gasteiger charge is -2.10. The van der Waals surface area contributed by atoms with Gasteiger partial charge in [0.2, 0.25) is 0 Å². The molecular weight excluding hydrogens is 323 g/mol. The molecule has 1 N–H and O–H groups in total. The van der Waals surface area contributed by atoms with Crippen molar-refractivity contribution in [3.05, 3.63) is 58.3 Å². The van der Waals surface area contributed by atoms with Crippen molar-refractivity contribution in [3.63, 3.8) is 0 Å². The molecule has 0 spiro atoms. The third-order valence-corrected chi connectivity index (χ3v) is 3.15. The molecule has 0 radical (unpaired) electrons. The van der Waals surface area contributed by atoms with Crippen molar-refractivity contribution in [2.24, 2.45) is 0 Å². The van der Waals surface area contributed by atoms with E-state index in [0.29, 0.717) is 18.8 Å². The van der Waals surface area contributed by atoms with Crippen molar-refractivity contribution >= 4 is 21.6 Å². The van der Waals surface area contributed by atoms with Gasteiger partial charge in [-0.1, -0.05) is 22.0 Å². The maximum atomic E-state index is 13.4. The van der Waals surface area contributed by atoms with Gasteiger partial charge in [0.15, 0.2) is 0 Å². The van der Waals surface area contributed by atoms with Gasteiger partial charge in [-0.2, -0.15) is 5.26 Å². The van der Waals surface area contributed by atoms with Gasteiger partial charge in [0.25, 0.3) is 0 Å². The number of nitriles is 1. The zero-order chi connectivity index (χ0) is 14.4. The summed E-state index contributed by atoms with van der Waals surface area (Å²) in [5.41, 5.74) is 0.503. The quantitative estimate of drug-likeness (QED) is 0.842. The Balaban J connectivity index is 1.86. The van der Waals surface area contributed by atoms with Crippen LogP contribution in [0.15, 0.2) is 46.9 Å². The minimum Gasteiger partial charge on any atom is -0.492 e. The Morgan fingerprint density at radius 2 is 1.95 bits per heavy atom. The molecule has 0 amide bonds. The highest BCUT2D eigenvalue weighted by Gasteiger charge is 2.06. The summed E-state index contributed by atoms with van der Waals surface area (Å²) in [6.07, 6.45) is 0. The number of hydrogen-bond acceptors (Lipinski definition) is 3. The highest BCUT2D eigenvalue weighted by atomic mass is 79.9. The maximum Gasteiger partial charge on any atom is 0.143 e. The van der Waals surface area contributed by atoms with E-state index < -0.39 is 5.82 Å². The first-order valence-electron chi connectivity index (χ1n) is 6.01.